The summed E-state index contributed by atoms with van der Waals surface area (Å²) >= 11 is 7.84. The number of benzene rings is 2. The minimum Gasteiger partial charge on any atom is -0.320 e. The van der Waals surface area contributed by atoms with Crippen LogP contribution in [0.25, 0.3) is 21.8 Å². The molecule has 140 valence electrons. The number of aromatic nitrogens is 4. The van der Waals surface area contributed by atoms with E-state index in [4.69, 9.17) is 11.6 Å². The average molecular weight is 414 g/mol. The maximum atomic E-state index is 14.1. The van der Waals surface area contributed by atoms with Crippen molar-refractivity contribution >= 4 is 50.7 Å². The van der Waals surface area contributed by atoms with Gasteiger partial charge >= 0.3 is 0 Å². The standard InChI is InChI=1S/C19H13ClFN5OS/c1-11-23-24-25-26(11)12-6-7-14(21)15(10-12)22-18(27)9-8-17-19(20)13-4-2-3-5-16(13)28-17/h2-10H,1H3,(H,22,27)/b9-8+. The molecule has 0 fully saturated rings. The second kappa shape index (κ2) is 7.49. The fourth-order valence-corrected chi connectivity index (χ4v) is 4.08. The van der Waals surface area contributed by atoms with Crippen LogP contribution < -0.4 is 5.32 Å². The molecule has 9 heteroatoms. The predicted molar refractivity (Wildman–Crippen MR) is 108 cm³/mol. The molecule has 0 radical (unpaired) electrons. The van der Waals surface area contributed by atoms with Gasteiger partial charge in [0.15, 0.2) is 5.82 Å². The van der Waals surface area contributed by atoms with Gasteiger partial charge in [-0.2, -0.15) is 4.68 Å². The lowest BCUT2D eigenvalue weighted by Crippen LogP contribution is -2.10. The molecular formula is C19H13ClFN5OS. The fourth-order valence-electron chi connectivity index (χ4n) is 2.68. The molecule has 0 saturated heterocycles. The largest absolute Gasteiger partial charge is 0.320 e. The van der Waals surface area contributed by atoms with E-state index in [0.29, 0.717) is 16.5 Å². The van der Waals surface area contributed by atoms with Crippen LogP contribution in [0.4, 0.5) is 10.1 Å². The summed E-state index contributed by atoms with van der Waals surface area (Å²) in [7, 11) is 0. The molecule has 2 aromatic heterocycles. The molecule has 0 aliphatic rings. The molecule has 2 heterocycles. The van der Waals surface area contributed by atoms with E-state index in [2.05, 4.69) is 20.8 Å². The third kappa shape index (κ3) is 3.51. The van der Waals surface area contributed by atoms with Gasteiger partial charge in [0.05, 0.1) is 16.4 Å². The Hall–Kier alpha value is -3.10. The number of thiophene rings is 1. The average Bonchev–Trinajstić information content (AvgIpc) is 3.25. The number of amides is 1. The van der Waals surface area contributed by atoms with Gasteiger partial charge in [0.2, 0.25) is 5.91 Å². The van der Waals surface area contributed by atoms with Crippen molar-refractivity contribution in [2.45, 2.75) is 6.92 Å². The molecule has 28 heavy (non-hydrogen) atoms. The Morgan fingerprint density at radius 3 is 2.86 bits per heavy atom. The normalized spacial score (nSPS) is 11.4. The van der Waals surface area contributed by atoms with E-state index in [1.807, 2.05) is 24.3 Å². The van der Waals surface area contributed by atoms with E-state index in [9.17, 15) is 9.18 Å². The number of aryl methyl sites for hydroxylation is 1. The summed E-state index contributed by atoms with van der Waals surface area (Å²) in [6.45, 7) is 1.72. The molecular weight excluding hydrogens is 401 g/mol. The number of fused-ring (bicyclic) bond motifs is 1. The number of anilines is 1. The van der Waals surface area contributed by atoms with Gasteiger partial charge in [-0.05, 0) is 47.7 Å². The number of tetrazole rings is 1. The number of hydrogen-bond donors (Lipinski definition) is 1. The molecule has 1 amide bonds. The van der Waals surface area contributed by atoms with Gasteiger partial charge in [0, 0.05) is 21.0 Å². The fraction of sp³-hybridized carbons (Fsp3) is 0.0526. The zero-order valence-corrected chi connectivity index (χ0v) is 16.1. The monoisotopic (exact) mass is 413 g/mol. The summed E-state index contributed by atoms with van der Waals surface area (Å²) in [5.41, 5.74) is 0.570. The molecule has 6 nitrogen and oxygen atoms in total. The summed E-state index contributed by atoms with van der Waals surface area (Å²) < 4.78 is 16.6. The second-order valence-corrected chi connectivity index (χ2v) is 7.36. The SMILES string of the molecule is Cc1nnnn1-c1ccc(F)c(NC(=O)/C=C/c2sc3ccccc3c2Cl)c1. The van der Waals surface area contributed by atoms with Crippen molar-refractivity contribution in [1.29, 1.82) is 0 Å². The number of hydrogen-bond acceptors (Lipinski definition) is 5. The molecule has 1 N–H and O–H groups in total. The smallest absolute Gasteiger partial charge is 0.248 e. The van der Waals surface area contributed by atoms with Gasteiger partial charge in [-0.3, -0.25) is 4.79 Å². The first-order chi connectivity index (χ1) is 13.5. The summed E-state index contributed by atoms with van der Waals surface area (Å²) in [6.07, 6.45) is 2.94. The Labute approximate surface area is 168 Å². The van der Waals surface area contributed by atoms with Gasteiger partial charge < -0.3 is 5.32 Å². The molecule has 0 bridgehead atoms. The van der Waals surface area contributed by atoms with Crippen LogP contribution in [-0.4, -0.2) is 26.1 Å². The van der Waals surface area contributed by atoms with Crippen LogP contribution in [-0.2, 0) is 4.79 Å². The lowest BCUT2D eigenvalue weighted by molar-refractivity contribution is -0.111. The van der Waals surface area contributed by atoms with Crippen molar-refractivity contribution in [3.05, 3.63) is 70.1 Å². The molecule has 0 aliphatic carbocycles. The van der Waals surface area contributed by atoms with Crippen molar-refractivity contribution in [2.24, 2.45) is 0 Å². The zero-order valence-electron chi connectivity index (χ0n) is 14.6. The maximum Gasteiger partial charge on any atom is 0.248 e. The molecule has 4 aromatic rings. The Balaban J connectivity index is 1.55. The quantitative estimate of drug-likeness (QED) is 0.495. The van der Waals surface area contributed by atoms with Crippen LogP contribution >= 0.6 is 22.9 Å². The number of rotatable bonds is 4. The zero-order chi connectivity index (χ0) is 19.7. The number of carbonyl (C=O) groups is 1. The molecule has 0 spiro atoms. The molecule has 4 rings (SSSR count). The highest BCUT2D eigenvalue weighted by atomic mass is 35.5. The van der Waals surface area contributed by atoms with Crippen LogP contribution in [0, 0.1) is 12.7 Å². The first-order valence-electron chi connectivity index (χ1n) is 8.24. The highest BCUT2D eigenvalue weighted by Crippen LogP contribution is 2.35. The highest BCUT2D eigenvalue weighted by molar-refractivity contribution is 7.20. The van der Waals surface area contributed by atoms with Crippen LogP contribution in [0.1, 0.15) is 10.7 Å². The van der Waals surface area contributed by atoms with Crippen LogP contribution in [0.5, 0.6) is 0 Å². The van der Waals surface area contributed by atoms with Crippen molar-refractivity contribution < 1.29 is 9.18 Å². The van der Waals surface area contributed by atoms with Gasteiger partial charge in [0.25, 0.3) is 0 Å². The summed E-state index contributed by atoms with van der Waals surface area (Å²) in [4.78, 5) is 13.0. The first kappa shape index (κ1) is 18.3. The van der Waals surface area contributed by atoms with E-state index in [-0.39, 0.29) is 5.69 Å². The van der Waals surface area contributed by atoms with Crippen molar-refractivity contribution in [3.63, 3.8) is 0 Å². The third-order valence-electron chi connectivity index (χ3n) is 4.02. The number of nitrogens with zero attached hydrogens (tertiary/aromatic N) is 4. The van der Waals surface area contributed by atoms with E-state index >= 15 is 0 Å². The Morgan fingerprint density at radius 1 is 1.29 bits per heavy atom. The Bertz CT molecular complexity index is 1220. The minimum absolute atomic E-state index is 0.0319. The maximum absolute atomic E-state index is 14.1. The van der Waals surface area contributed by atoms with E-state index in [1.165, 1.54) is 40.3 Å². The lowest BCUT2D eigenvalue weighted by atomic mass is 10.2. The number of carbonyl (C=O) groups excluding carboxylic acids is 1. The molecule has 2 aromatic carbocycles. The van der Waals surface area contributed by atoms with E-state index in [1.54, 1.807) is 13.0 Å². The molecule has 0 saturated carbocycles. The summed E-state index contributed by atoms with van der Waals surface area (Å²) in [6, 6.07) is 12.0. The topological polar surface area (TPSA) is 72.7 Å². The molecule has 0 aliphatic heterocycles. The lowest BCUT2D eigenvalue weighted by Gasteiger charge is -2.07. The Kier molecular flexibility index (Phi) is 4.89. The molecule has 0 atom stereocenters. The van der Waals surface area contributed by atoms with Crippen LogP contribution in [0.2, 0.25) is 5.02 Å². The minimum atomic E-state index is -0.559. The number of halogens is 2. The Morgan fingerprint density at radius 2 is 2.11 bits per heavy atom. The van der Waals surface area contributed by atoms with Gasteiger partial charge in [0.1, 0.15) is 5.82 Å². The summed E-state index contributed by atoms with van der Waals surface area (Å²) in [5, 5.41) is 15.2. The second-order valence-electron chi connectivity index (χ2n) is 5.90. The van der Waals surface area contributed by atoms with Crippen molar-refractivity contribution in [1.82, 2.24) is 20.2 Å². The van der Waals surface area contributed by atoms with E-state index in [0.717, 1.165) is 15.0 Å². The van der Waals surface area contributed by atoms with Gasteiger partial charge in [-0.15, -0.1) is 16.4 Å². The van der Waals surface area contributed by atoms with E-state index < -0.39 is 11.7 Å². The highest BCUT2D eigenvalue weighted by Gasteiger charge is 2.11. The van der Waals surface area contributed by atoms with Gasteiger partial charge in [-0.1, -0.05) is 29.8 Å². The predicted octanol–water partition coefficient (Wildman–Crippen LogP) is 4.63. The number of nitrogens with one attached hydrogen (secondary N) is 1. The van der Waals surface area contributed by atoms with Crippen LogP contribution in [0.15, 0.2) is 48.5 Å². The molecule has 0 unspecified atom stereocenters. The first-order valence-corrected chi connectivity index (χ1v) is 9.43. The summed E-state index contributed by atoms with van der Waals surface area (Å²) in [5.74, 6) is -0.489. The van der Waals surface area contributed by atoms with Crippen molar-refractivity contribution in [2.75, 3.05) is 5.32 Å². The van der Waals surface area contributed by atoms with Crippen molar-refractivity contribution in [3.8, 4) is 5.69 Å². The van der Waals surface area contributed by atoms with Gasteiger partial charge in [-0.25, -0.2) is 4.39 Å². The van der Waals surface area contributed by atoms with Crippen LogP contribution in [0.3, 0.4) is 0 Å². The third-order valence-corrected chi connectivity index (χ3v) is 5.68.